The second-order valence-corrected chi connectivity index (χ2v) is 6.03. The van der Waals surface area contributed by atoms with Crippen molar-refractivity contribution in [3.05, 3.63) is 51.7 Å². The Hall–Kier alpha value is -1.32. The molecule has 0 amide bonds. The van der Waals surface area contributed by atoms with Crippen molar-refractivity contribution in [1.29, 1.82) is 0 Å². The van der Waals surface area contributed by atoms with Gasteiger partial charge in [0.05, 0.1) is 6.10 Å². The molecule has 1 aliphatic heterocycles. The Morgan fingerprint density at radius 1 is 1.37 bits per heavy atom. The van der Waals surface area contributed by atoms with Crippen LogP contribution in [-0.2, 0) is 12.8 Å². The summed E-state index contributed by atoms with van der Waals surface area (Å²) in [7, 11) is 2.12. The minimum Gasteiger partial charge on any atom is -0.388 e. The maximum atomic E-state index is 10.3. The van der Waals surface area contributed by atoms with Crippen LogP contribution in [0.4, 0.5) is 5.69 Å². The number of rotatable bonds is 4. The van der Waals surface area contributed by atoms with E-state index >= 15 is 0 Å². The number of benzene rings is 1. The average molecular weight is 273 g/mol. The van der Waals surface area contributed by atoms with E-state index in [4.69, 9.17) is 0 Å². The van der Waals surface area contributed by atoms with Crippen molar-refractivity contribution >= 4 is 17.0 Å². The molecular formula is C16H19NOS. The van der Waals surface area contributed by atoms with E-state index in [1.807, 2.05) is 0 Å². The maximum Gasteiger partial charge on any atom is 0.0793 e. The first-order chi connectivity index (χ1) is 9.24. The minimum absolute atomic E-state index is 0.351. The van der Waals surface area contributed by atoms with Crippen molar-refractivity contribution in [3.63, 3.8) is 0 Å². The number of nitrogens with zero attached hydrogens (tertiary/aromatic N) is 1. The van der Waals surface area contributed by atoms with Gasteiger partial charge in [0.25, 0.3) is 0 Å². The van der Waals surface area contributed by atoms with Crippen molar-refractivity contribution in [2.75, 3.05) is 18.5 Å². The van der Waals surface area contributed by atoms with Crippen LogP contribution < -0.4 is 4.90 Å². The third-order valence-electron chi connectivity index (χ3n) is 3.90. The highest BCUT2D eigenvalue weighted by molar-refractivity contribution is 7.07. The molecule has 1 N–H and O–H groups in total. The molecule has 3 rings (SSSR count). The fourth-order valence-corrected chi connectivity index (χ4v) is 3.40. The molecular weight excluding hydrogens is 254 g/mol. The fourth-order valence-electron chi connectivity index (χ4n) is 2.70. The number of thiophene rings is 1. The number of hydrogen-bond acceptors (Lipinski definition) is 3. The van der Waals surface area contributed by atoms with E-state index in [0.29, 0.717) is 0 Å². The van der Waals surface area contributed by atoms with E-state index in [-0.39, 0.29) is 6.10 Å². The Balaban J connectivity index is 1.68. The van der Waals surface area contributed by atoms with Crippen molar-refractivity contribution in [2.24, 2.45) is 0 Å². The lowest BCUT2D eigenvalue weighted by atomic mass is 10.00. The summed E-state index contributed by atoms with van der Waals surface area (Å²) in [5.74, 6) is 0. The quantitative estimate of drug-likeness (QED) is 0.923. The van der Waals surface area contributed by atoms with Crippen LogP contribution in [0, 0.1) is 0 Å². The van der Waals surface area contributed by atoms with Gasteiger partial charge in [-0.25, -0.2) is 0 Å². The Labute approximate surface area is 118 Å². The first kappa shape index (κ1) is 12.7. The van der Waals surface area contributed by atoms with Gasteiger partial charge in [0.1, 0.15) is 0 Å². The standard InChI is InChI=1S/C16H19NOS/c1-17-8-6-13-10-14(3-4-15(13)17)16(18)5-2-12-7-9-19-11-12/h3-4,7,9-11,16,18H,2,5-6,8H2,1H3. The molecule has 100 valence electrons. The van der Waals surface area contributed by atoms with Crippen molar-refractivity contribution in [3.8, 4) is 0 Å². The van der Waals surface area contributed by atoms with Gasteiger partial charge in [-0.2, -0.15) is 11.3 Å². The summed E-state index contributed by atoms with van der Waals surface area (Å²) >= 11 is 1.72. The van der Waals surface area contributed by atoms with Crippen LogP contribution >= 0.6 is 11.3 Å². The Kier molecular flexibility index (Phi) is 3.58. The molecule has 3 heteroatoms. The highest BCUT2D eigenvalue weighted by Crippen LogP contribution is 2.30. The van der Waals surface area contributed by atoms with Gasteiger partial charge in [-0.05, 0) is 58.8 Å². The summed E-state index contributed by atoms with van der Waals surface area (Å²) in [6, 6.07) is 8.52. The largest absolute Gasteiger partial charge is 0.388 e. The number of anilines is 1. The number of fused-ring (bicyclic) bond motifs is 1. The SMILES string of the molecule is CN1CCc2cc(C(O)CCc3ccsc3)ccc21. The van der Waals surface area contributed by atoms with Crippen molar-refractivity contribution < 1.29 is 5.11 Å². The van der Waals surface area contributed by atoms with Crippen LogP contribution in [0.3, 0.4) is 0 Å². The number of aliphatic hydroxyl groups excluding tert-OH is 1. The van der Waals surface area contributed by atoms with Gasteiger partial charge in [0.2, 0.25) is 0 Å². The van der Waals surface area contributed by atoms with Gasteiger partial charge in [-0.3, -0.25) is 0 Å². The lowest BCUT2D eigenvalue weighted by molar-refractivity contribution is 0.168. The van der Waals surface area contributed by atoms with Crippen LogP contribution in [0.25, 0.3) is 0 Å². The van der Waals surface area contributed by atoms with Gasteiger partial charge in [-0.1, -0.05) is 12.1 Å². The van der Waals surface area contributed by atoms with Crippen LogP contribution in [0.5, 0.6) is 0 Å². The topological polar surface area (TPSA) is 23.5 Å². The molecule has 2 heterocycles. The molecule has 0 fully saturated rings. The second kappa shape index (κ2) is 5.35. The van der Waals surface area contributed by atoms with Crippen LogP contribution in [0.2, 0.25) is 0 Å². The molecule has 0 radical (unpaired) electrons. The molecule has 2 aromatic rings. The summed E-state index contributed by atoms with van der Waals surface area (Å²) in [6.07, 6.45) is 2.49. The maximum absolute atomic E-state index is 10.3. The third-order valence-corrected chi connectivity index (χ3v) is 4.63. The van der Waals surface area contributed by atoms with E-state index < -0.39 is 0 Å². The number of hydrogen-bond donors (Lipinski definition) is 1. The molecule has 1 aromatic carbocycles. The predicted octanol–water partition coefficient (Wildman–Crippen LogP) is 3.41. The van der Waals surface area contributed by atoms with Gasteiger partial charge in [-0.15, -0.1) is 0 Å². The molecule has 0 bridgehead atoms. The van der Waals surface area contributed by atoms with E-state index in [9.17, 15) is 5.11 Å². The molecule has 0 spiro atoms. The lowest BCUT2D eigenvalue weighted by Crippen LogP contribution is -2.12. The minimum atomic E-state index is -0.351. The van der Waals surface area contributed by atoms with Gasteiger partial charge in [0.15, 0.2) is 0 Å². The predicted molar refractivity (Wildman–Crippen MR) is 81.0 cm³/mol. The van der Waals surface area contributed by atoms with E-state index in [1.54, 1.807) is 11.3 Å². The van der Waals surface area contributed by atoms with Crippen molar-refractivity contribution in [1.82, 2.24) is 0 Å². The average Bonchev–Trinajstić information content (AvgIpc) is 3.06. The number of aliphatic hydroxyl groups is 1. The third kappa shape index (κ3) is 2.67. The molecule has 1 unspecified atom stereocenters. The van der Waals surface area contributed by atoms with Gasteiger partial charge < -0.3 is 10.0 Å². The summed E-state index contributed by atoms with van der Waals surface area (Å²) < 4.78 is 0. The number of aryl methyl sites for hydroxylation is 1. The highest BCUT2D eigenvalue weighted by Gasteiger charge is 2.17. The zero-order chi connectivity index (χ0) is 13.2. The molecule has 19 heavy (non-hydrogen) atoms. The Bertz CT molecular complexity index is 550. The molecule has 0 saturated carbocycles. The first-order valence-electron chi connectivity index (χ1n) is 6.77. The zero-order valence-corrected chi connectivity index (χ0v) is 12.0. The molecule has 1 atom stereocenters. The van der Waals surface area contributed by atoms with E-state index in [1.165, 1.54) is 16.8 Å². The summed E-state index contributed by atoms with van der Waals surface area (Å²) in [4.78, 5) is 2.27. The van der Waals surface area contributed by atoms with Crippen LogP contribution in [-0.4, -0.2) is 18.7 Å². The Morgan fingerprint density at radius 2 is 2.26 bits per heavy atom. The fraction of sp³-hybridized carbons (Fsp3) is 0.375. The monoisotopic (exact) mass is 273 g/mol. The summed E-state index contributed by atoms with van der Waals surface area (Å²) in [5.41, 5.74) is 5.07. The van der Waals surface area contributed by atoms with Gasteiger partial charge >= 0.3 is 0 Å². The van der Waals surface area contributed by atoms with Crippen molar-refractivity contribution in [2.45, 2.75) is 25.4 Å². The van der Waals surface area contributed by atoms with Gasteiger partial charge in [0, 0.05) is 19.3 Å². The molecule has 1 aromatic heterocycles. The summed E-state index contributed by atoms with van der Waals surface area (Å²) in [5, 5.41) is 14.6. The van der Waals surface area contributed by atoms with E-state index in [0.717, 1.165) is 31.4 Å². The molecule has 1 aliphatic rings. The zero-order valence-electron chi connectivity index (χ0n) is 11.2. The van der Waals surface area contributed by atoms with Crippen LogP contribution in [0.15, 0.2) is 35.0 Å². The lowest BCUT2D eigenvalue weighted by Gasteiger charge is -2.14. The molecule has 2 nitrogen and oxygen atoms in total. The smallest absolute Gasteiger partial charge is 0.0793 e. The second-order valence-electron chi connectivity index (χ2n) is 5.25. The normalized spacial score (nSPS) is 15.6. The highest BCUT2D eigenvalue weighted by atomic mass is 32.1. The number of likely N-dealkylation sites (N-methyl/N-ethyl adjacent to an activating group) is 1. The Morgan fingerprint density at radius 3 is 3.05 bits per heavy atom. The molecule has 0 aliphatic carbocycles. The molecule has 0 saturated heterocycles. The first-order valence-corrected chi connectivity index (χ1v) is 7.71. The van der Waals surface area contributed by atoms with E-state index in [2.05, 4.69) is 47.0 Å². The summed E-state index contributed by atoms with van der Waals surface area (Å²) in [6.45, 7) is 1.09. The van der Waals surface area contributed by atoms with Crippen LogP contribution in [0.1, 0.15) is 29.2 Å².